The van der Waals surface area contributed by atoms with Crippen molar-refractivity contribution in [3.63, 3.8) is 0 Å². The zero-order valence-electron chi connectivity index (χ0n) is 25.3. The number of hydrazone groups is 1. The van der Waals surface area contributed by atoms with Crippen molar-refractivity contribution in [3.05, 3.63) is 64.5 Å². The summed E-state index contributed by atoms with van der Waals surface area (Å²) in [7, 11) is 0.0162. The van der Waals surface area contributed by atoms with Crippen molar-refractivity contribution in [2.45, 2.75) is 93.5 Å². The van der Waals surface area contributed by atoms with Crippen LogP contribution >= 0.6 is 8.88 Å². The van der Waals surface area contributed by atoms with Crippen LogP contribution in [-0.2, 0) is 11.3 Å². The predicted molar refractivity (Wildman–Crippen MR) is 164 cm³/mol. The van der Waals surface area contributed by atoms with E-state index >= 15 is 0 Å². The fourth-order valence-electron chi connectivity index (χ4n) is 4.36. The number of phenols is 1. The first-order valence-electron chi connectivity index (χ1n) is 14.3. The quantitative estimate of drug-likeness (QED) is 0.161. The van der Waals surface area contributed by atoms with Crippen LogP contribution < -0.4 is 10.5 Å². The fraction of sp³-hybridized carbons (Fsp3) is 0.533. The molecule has 7 nitrogen and oxygen atoms in total. The number of piperazine rings is 1. The highest BCUT2D eigenvalue weighted by atomic mass is 31.1. The van der Waals surface area contributed by atoms with E-state index in [9.17, 15) is 18.7 Å². The molecule has 10 heteroatoms. The van der Waals surface area contributed by atoms with Crippen LogP contribution in [0.15, 0.2) is 52.4 Å². The van der Waals surface area contributed by atoms with Gasteiger partial charge >= 0.3 is 0 Å². The molecule has 1 saturated heterocycles. The molecule has 1 amide bonds. The molecule has 2 aliphatic heterocycles. The summed E-state index contributed by atoms with van der Waals surface area (Å²) in [5, 5.41) is 20.2. The average Bonchev–Trinajstić information content (AvgIpc) is 3.44. The monoisotopic (exact) mass is 579 g/mol. The van der Waals surface area contributed by atoms with E-state index in [0.29, 0.717) is 47.9 Å². The number of hydrogen-bond donors (Lipinski definition) is 3. The highest BCUT2D eigenvalue weighted by Gasteiger charge is 2.30. The number of carbonyl (C=O) groups is 1. The number of amidine groups is 1. The Morgan fingerprint density at radius 1 is 1.15 bits per heavy atom. The predicted octanol–water partition coefficient (Wildman–Crippen LogP) is 7.48. The van der Waals surface area contributed by atoms with Gasteiger partial charge in [-0.1, -0.05) is 79.4 Å². The van der Waals surface area contributed by atoms with Crippen molar-refractivity contribution in [1.82, 2.24) is 20.1 Å². The van der Waals surface area contributed by atoms with Gasteiger partial charge in [0, 0.05) is 31.6 Å². The summed E-state index contributed by atoms with van der Waals surface area (Å²) >= 11 is 0. The highest BCUT2D eigenvalue weighted by Crippen LogP contribution is 2.33. The molecule has 2 aliphatic rings. The summed E-state index contributed by atoms with van der Waals surface area (Å²) in [5.41, 5.74) is 2.15. The van der Waals surface area contributed by atoms with E-state index in [1.165, 1.54) is 32.1 Å². The molecule has 224 valence electrons. The molecule has 0 saturated carbocycles. The minimum atomic E-state index is -0.883. The Morgan fingerprint density at radius 2 is 1.77 bits per heavy atom. The number of carbonyl (C=O) groups excluding carboxylic acids is 1. The number of nitrogens with one attached hydrogen (secondary N) is 2. The number of allylic oxidation sites excluding steroid dienone is 1. The molecule has 0 spiro atoms. The van der Waals surface area contributed by atoms with Crippen molar-refractivity contribution < 1.29 is 18.7 Å². The van der Waals surface area contributed by atoms with E-state index in [1.54, 1.807) is 29.5 Å². The average molecular weight is 580 g/mol. The Bertz CT molecular complexity index is 1080. The summed E-state index contributed by atoms with van der Waals surface area (Å²) < 4.78 is 29.8. The number of hydrogen-bond acceptors (Lipinski definition) is 6. The van der Waals surface area contributed by atoms with Crippen LogP contribution in [0.4, 0.5) is 8.78 Å². The Balaban J connectivity index is 0.000000775. The number of rotatable bonds is 9. The first kappa shape index (κ1) is 35.1. The third-order valence-corrected chi connectivity index (χ3v) is 7.35. The maximum Gasteiger partial charge on any atom is 0.263 e. The Morgan fingerprint density at radius 3 is 2.35 bits per heavy atom. The lowest BCUT2D eigenvalue weighted by molar-refractivity contribution is -0.119. The molecule has 0 aliphatic carbocycles. The SMILES string of the molecule is C=C1NCCN(Cc2c(F)ccc(F)c2O)/C1=C(C)/C(=C\C)C(=O)N1PNN=C1CC.CC.CCCCCCC. The maximum absolute atomic E-state index is 14.4. The number of unbranched alkanes of at least 4 members (excludes halogenated alkanes) is 4. The second kappa shape index (κ2) is 18.4. The lowest BCUT2D eigenvalue weighted by Gasteiger charge is -2.36. The van der Waals surface area contributed by atoms with E-state index in [-0.39, 0.29) is 26.9 Å². The molecule has 2 heterocycles. The second-order valence-corrected chi connectivity index (χ2v) is 10.1. The summed E-state index contributed by atoms with van der Waals surface area (Å²) in [6.45, 7) is 19.0. The molecule has 1 fully saturated rings. The van der Waals surface area contributed by atoms with Gasteiger partial charge in [-0.2, -0.15) is 5.10 Å². The van der Waals surface area contributed by atoms with E-state index < -0.39 is 17.4 Å². The van der Waals surface area contributed by atoms with E-state index in [1.807, 2.05) is 20.8 Å². The van der Waals surface area contributed by atoms with Crippen molar-refractivity contribution in [3.8, 4) is 5.75 Å². The molecule has 0 radical (unpaired) electrons. The first-order chi connectivity index (χ1) is 19.2. The Labute approximate surface area is 241 Å². The topological polar surface area (TPSA) is 80.2 Å². The van der Waals surface area contributed by atoms with Gasteiger partial charge in [0.15, 0.2) is 11.6 Å². The molecule has 0 aromatic heterocycles. The standard InChI is InChI=1S/C21H26F2N5O2P.C7H16.C2H6/c1-5-14(21(30)28-18(6-2)25-26-31-28)12(3)19-13(4)24-9-10-27(19)11-15-16(22)7-8-17(23)20(15)29;1-3-5-7-6-4-2;1-2/h5,7-8,24,26,29,31H,4,6,9-11H2,1-3H3;3-7H2,1-2H3;1-2H3/b14-5+,19-12+;;. The minimum Gasteiger partial charge on any atom is -0.505 e. The smallest absolute Gasteiger partial charge is 0.263 e. The van der Waals surface area contributed by atoms with Crippen LogP contribution in [0.3, 0.4) is 0 Å². The van der Waals surface area contributed by atoms with Gasteiger partial charge in [-0.15, -0.1) is 0 Å². The van der Waals surface area contributed by atoms with Gasteiger partial charge in [-0.3, -0.25) is 14.7 Å². The van der Waals surface area contributed by atoms with Gasteiger partial charge in [-0.05, 0) is 31.6 Å². The van der Waals surface area contributed by atoms with E-state index in [0.717, 1.165) is 12.1 Å². The molecule has 1 aromatic rings. The second-order valence-electron chi connectivity index (χ2n) is 9.17. The van der Waals surface area contributed by atoms with Crippen LogP contribution in [0.5, 0.6) is 5.75 Å². The highest BCUT2D eigenvalue weighted by molar-refractivity contribution is 7.35. The molecule has 40 heavy (non-hydrogen) atoms. The van der Waals surface area contributed by atoms with Crippen molar-refractivity contribution in [2.75, 3.05) is 13.1 Å². The number of halogens is 2. The number of aromatic hydroxyl groups is 1. The zero-order valence-corrected chi connectivity index (χ0v) is 26.3. The Kier molecular flexibility index (Phi) is 16.2. The van der Waals surface area contributed by atoms with Crippen LogP contribution in [0, 0.1) is 11.6 Å². The Hall–Kier alpha value is -2.93. The van der Waals surface area contributed by atoms with Gasteiger partial charge < -0.3 is 15.3 Å². The molecule has 1 aromatic carbocycles. The van der Waals surface area contributed by atoms with Crippen LogP contribution in [0.2, 0.25) is 0 Å². The van der Waals surface area contributed by atoms with Gasteiger partial charge in [0.1, 0.15) is 20.5 Å². The summed E-state index contributed by atoms with van der Waals surface area (Å²) in [6, 6.07) is 1.88. The lowest BCUT2D eigenvalue weighted by Crippen LogP contribution is -2.41. The lowest BCUT2D eigenvalue weighted by atomic mass is 10.00. The first-order valence-corrected chi connectivity index (χ1v) is 15.3. The molecular weight excluding hydrogens is 531 g/mol. The number of amides is 1. The van der Waals surface area contributed by atoms with Crippen LogP contribution in [-0.4, -0.2) is 39.5 Å². The zero-order chi connectivity index (χ0) is 30.2. The molecule has 3 N–H and O–H groups in total. The molecule has 1 unspecified atom stereocenters. The maximum atomic E-state index is 14.4. The van der Waals surface area contributed by atoms with Gasteiger partial charge in [0.05, 0.1) is 17.0 Å². The third kappa shape index (κ3) is 9.33. The molecular formula is C30H48F2N5O2P. The third-order valence-electron chi connectivity index (χ3n) is 6.46. The van der Waals surface area contributed by atoms with Crippen LogP contribution in [0.1, 0.15) is 92.6 Å². The molecule has 1 atom stereocenters. The van der Waals surface area contributed by atoms with Gasteiger partial charge in [-0.25, -0.2) is 8.78 Å². The summed E-state index contributed by atoms with van der Waals surface area (Å²) in [4.78, 5) is 15.0. The summed E-state index contributed by atoms with van der Waals surface area (Å²) in [5.74, 6) is -1.84. The van der Waals surface area contributed by atoms with E-state index in [4.69, 9.17) is 0 Å². The number of nitrogens with zero attached hydrogens (tertiary/aromatic N) is 3. The largest absolute Gasteiger partial charge is 0.505 e. The number of phenolic OH excluding ortho intramolecular Hbond substituents is 1. The minimum absolute atomic E-state index is 0.0162. The normalized spacial score (nSPS) is 16.8. The van der Waals surface area contributed by atoms with Crippen LogP contribution in [0.25, 0.3) is 0 Å². The van der Waals surface area contributed by atoms with Gasteiger partial charge in [0.25, 0.3) is 5.91 Å². The van der Waals surface area contributed by atoms with Gasteiger partial charge in [0.2, 0.25) is 0 Å². The summed E-state index contributed by atoms with van der Waals surface area (Å²) in [6.07, 6.45) is 9.34. The number of benzene rings is 1. The van der Waals surface area contributed by atoms with E-state index in [2.05, 4.69) is 36.0 Å². The molecule has 3 rings (SSSR count). The van der Waals surface area contributed by atoms with Crippen molar-refractivity contribution in [1.29, 1.82) is 0 Å². The van der Waals surface area contributed by atoms with Crippen molar-refractivity contribution in [2.24, 2.45) is 5.10 Å². The van der Waals surface area contributed by atoms with Crippen molar-refractivity contribution >= 4 is 20.6 Å². The fourth-order valence-corrected chi connectivity index (χ4v) is 5.20. The molecule has 0 bridgehead atoms.